The second kappa shape index (κ2) is 6.97. The summed E-state index contributed by atoms with van der Waals surface area (Å²) in [6.07, 6.45) is 0.865. The Labute approximate surface area is 130 Å². The first-order valence-corrected chi connectivity index (χ1v) is 7.86. The number of rotatable bonds is 6. The highest BCUT2D eigenvalue weighted by molar-refractivity contribution is 9.10. The Hall–Kier alpha value is -1.24. The van der Waals surface area contributed by atoms with E-state index in [1.807, 2.05) is 12.1 Å². The van der Waals surface area contributed by atoms with Crippen molar-refractivity contribution in [1.29, 1.82) is 0 Å². The van der Waals surface area contributed by atoms with Gasteiger partial charge in [-0.1, -0.05) is 12.1 Å². The van der Waals surface area contributed by atoms with Crippen LogP contribution in [0.5, 0.6) is 0 Å². The highest BCUT2D eigenvalue weighted by Gasteiger charge is 2.04. The molecule has 0 saturated carbocycles. The number of nitro benzene ring substituents is 1. The third-order valence-corrected chi connectivity index (χ3v) is 5.08. The Balaban J connectivity index is 1.77. The number of hydrogen-bond acceptors (Lipinski definition) is 4. The van der Waals surface area contributed by atoms with Crippen molar-refractivity contribution in [2.24, 2.45) is 0 Å². The third kappa shape index (κ3) is 4.13. The lowest BCUT2D eigenvalue weighted by atomic mass is 10.1. The van der Waals surface area contributed by atoms with Crippen molar-refractivity contribution in [2.45, 2.75) is 19.9 Å². The zero-order chi connectivity index (χ0) is 14.5. The number of non-ortho nitro benzene ring substituents is 1. The van der Waals surface area contributed by atoms with Gasteiger partial charge in [0.05, 0.1) is 4.92 Å². The van der Waals surface area contributed by atoms with Crippen molar-refractivity contribution in [1.82, 2.24) is 5.32 Å². The van der Waals surface area contributed by atoms with Crippen LogP contribution in [0.1, 0.15) is 15.3 Å². The molecule has 2 aromatic rings. The van der Waals surface area contributed by atoms with Crippen LogP contribution in [0.3, 0.4) is 0 Å². The Morgan fingerprint density at radius 3 is 2.60 bits per heavy atom. The molecule has 1 N–H and O–H groups in total. The van der Waals surface area contributed by atoms with Crippen LogP contribution >= 0.6 is 27.3 Å². The highest BCUT2D eigenvalue weighted by Crippen LogP contribution is 2.26. The number of nitrogens with zero attached hydrogens (tertiary/aromatic N) is 1. The van der Waals surface area contributed by atoms with Crippen molar-refractivity contribution >= 4 is 33.0 Å². The molecular formula is C14H15BrN2O2S. The van der Waals surface area contributed by atoms with E-state index < -0.39 is 0 Å². The van der Waals surface area contributed by atoms with Gasteiger partial charge in [-0.15, -0.1) is 11.3 Å². The fourth-order valence-corrected chi connectivity index (χ4v) is 3.40. The lowest BCUT2D eigenvalue weighted by Crippen LogP contribution is -2.15. The largest absolute Gasteiger partial charge is 0.312 e. The summed E-state index contributed by atoms with van der Waals surface area (Å²) in [5.74, 6) is 0. The maximum atomic E-state index is 10.5. The van der Waals surface area contributed by atoms with Crippen molar-refractivity contribution < 1.29 is 4.92 Å². The van der Waals surface area contributed by atoms with Gasteiger partial charge in [0.25, 0.3) is 5.69 Å². The van der Waals surface area contributed by atoms with Crippen LogP contribution in [0.4, 0.5) is 5.69 Å². The fourth-order valence-electron chi connectivity index (χ4n) is 1.83. The Kier molecular flexibility index (Phi) is 5.28. The van der Waals surface area contributed by atoms with Gasteiger partial charge < -0.3 is 5.32 Å². The monoisotopic (exact) mass is 354 g/mol. The zero-order valence-corrected chi connectivity index (χ0v) is 13.5. The molecule has 0 atom stereocenters. The van der Waals surface area contributed by atoms with Crippen LogP contribution in [0.2, 0.25) is 0 Å². The molecule has 0 aliphatic heterocycles. The summed E-state index contributed by atoms with van der Waals surface area (Å²) >= 11 is 5.29. The van der Waals surface area contributed by atoms with Gasteiger partial charge >= 0.3 is 0 Å². The Morgan fingerprint density at radius 1 is 1.35 bits per heavy atom. The minimum Gasteiger partial charge on any atom is -0.312 e. The van der Waals surface area contributed by atoms with Crippen LogP contribution in [-0.2, 0) is 13.0 Å². The first-order chi connectivity index (χ1) is 9.56. The molecule has 106 valence electrons. The minimum atomic E-state index is -0.376. The summed E-state index contributed by atoms with van der Waals surface area (Å²) in [5.41, 5.74) is 1.24. The van der Waals surface area contributed by atoms with E-state index >= 15 is 0 Å². The normalized spacial score (nSPS) is 10.7. The van der Waals surface area contributed by atoms with Crippen molar-refractivity contribution in [2.75, 3.05) is 6.54 Å². The number of halogens is 1. The molecule has 0 saturated heterocycles. The van der Waals surface area contributed by atoms with Crippen LogP contribution in [0, 0.1) is 17.0 Å². The van der Waals surface area contributed by atoms with Gasteiger partial charge in [0.1, 0.15) is 0 Å². The number of thiophene rings is 1. The van der Waals surface area contributed by atoms with Crippen LogP contribution < -0.4 is 5.32 Å². The van der Waals surface area contributed by atoms with E-state index in [-0.39, 0.29) is 10.6 Å². The summed E-state index contributed by atoms with van der Waals surface area (Å²) in [6, 6.07) is 8.86. The molecule has 0 radical (unpaired) electrons. The summed E-state index contributed by atoms with van der Waals surface area (Å²) in [5, 5.41) is 13.9. The SMILES string of the molecule is Cc1sc(CNCCc2ccc([N+](=O)[O-])cc2)cc1Br. The molecule has 0 bridgehead atoms. The average molecular weight is 355 g/mol. The fraction of sp³-hybridized carbons (Fsp3) is 0.286. The predicted octanol–water partition coefficient (Wildman–Crippen LogP) is 4.06. The Morgan fingerprint density at radius 2 is 2.05 bits per heavy atom. The van der Waals surface area contributed by atoms with E-state index in [1.165, 1.54) is 9.75 Å². The van der Waals surface area contributed by atoms with Gasteiger partial charge in [0.2, 0.25) is 0 Å². The highest BCUT2D eigenvalue weighted by atomic mass is 79.9. The van der Waals surface area contributed by atoms with Gasteiger partial charge in [-0.05, 0) is 47.4 Å². The molecule has 0 amide bonds. The van der Waals surface area contributed by atoms with E-state index in [1.54, 1.807) is 23.5 Å². The van der Waals surface area contributed by atoms with E-state index in [9.17, 15) is 10.1 Å². The molecule has 0 aliphatic carbocycles. The van der Waals surface area contributed by atoms with E-state index in [4.69, 9.17) is 0 Å². The van der Waals surface area contributed by atoms with Crippen molar-refractivity contribution in [3.8, 4) is 0 Å². The molecule has 20 heavy (non-hydrogen) atoms. The lowest BCUT2D eigenvalue weighted by molar-refractivity contribution is -0.384. The summed E-state index contributed by atoms with van der Waals surface area (Å²) in [6.45, 7) is 3.80. The van der Waals surface area contributed by atoms with Crippen molar-refractivity contribution in [3.63, 3.8) is 0 Å². The van der Waals surface area contributed by atoms with Crippen LogP contribution in [0.25, 0.3) is 0 Å². The number of nitrogens with one attached hydrogen (secondary N) is 1. The topological polar surface area (TPSA) is 55.2 Å². The molecule has 6 heteroatoms. The van der Waals surface area contributed by atoms with E-state index in [0.29, 0.717) is 0 Å². The predicted molar refractivity (Wildman–Crippen MR) is 85.3 cm³/mol. The molecule has 1 aromatic carbocycles. The zero-order valence-electron chi connectivity index (χ0n) is 11.1. The summed E-state index contributed by atoms with van der Waals surface area (Å²) in [7, 11) is 0. The molecule has 0 spiro atoms. The van der Waals surface area contributed by atoms with Gasteiger partial charge in [-0.3, -0.25) is 10.1 Å². The second-order valence-corrected chi connectivity index (χ2v) is 6.66. The summed E-state index contributed by atoms with van der Waals surface area (Å²) < 4.78 is 1.16. The summed E-state index contributed by atoms with van der Waals surface area (Å²) in [4.78, 5) is 12.8. The standard InChI is InChI=1S/C14H15BrN2O2S/c1-10-14(15)8-13(20-10)9-16-7-6-11-2-4-12(5-3-11)17(18)19/h2-5,8,16H,6-7,9H2,1H3. The lowest BCUT2D eigenvalue weighted by Gasteiger charge is -2.03. The molecule has 0 unspecified atom stereocenters. The smallest absolute Gasteiger partial charge is 0.269 e. The Bertz CT molecular complexity index is 576. The molecule has 0 fully saturated rings. The molecule has 1 aromatic heterocycles. The number of aryl methyl sites for hydroxylation is 1. The maximum Gasteiger partial charge on any atom is 0.269 e. The second-order valence-electron chi connectivity index (χ2n) is 4.47. The first kappa shape index (κ1) is 15.2. The van der Waals surface area contributed by atoms with Gasteiger partial charge in [-0.25, -0.2) is 0 Å². The molecular weight excluding hydrogens is 340 g/mol. The first-order valence-electron chi connectivity index (χ1n) is 6.25. The number of benzene rings is 1. The maximum absolute atomic E-state index is 10.5. The molecule has 1 heterocycles. The van der Waals surface area contributed by atoms with Crippen molar-refractivity contribution in [3.05, 3.63) is 60.2 Å². The van der Waals surface area contributed by atoms with Gasteiger partial charge in [-0.2, -0.15) is 0 Å². The van der Waals surface area contributed by atoms with Crippen LogP contribution in [0.15, 0.2) is 34.8 Å². The molecule has 4 nitrogen and oxygen atoms in total. The van der Waals surface area contributed by atoms with E-state index in [2.05, 4.69) is 34.2 Å². The van der Waals surface area contributed by atoms with Gasteiger partial charge in [0.15, 0.2) is 0 Å². The van der Waals surface area contributed by atoms with E-state index in [0.717, 1.165) is 29.5 Å². The molecule has 0 aliphatic rings. The van der Waals surface area contributed by atoms with Crippen LogP contribution in [-0.4, -0.2) is 11.5 Å². The number of nitro groups is 1. The quantitative estimate of drug-likeness (QED) is 0.483. The number of hydrogen-bond donors (Lipinski definition) is 1. The minimum absolute atomic E-state index is 0.139. The molecule has 2 rings (SSSR count). The third-order valence-electron chi connectivity index (χ3n) is 2.95. The average Bonchev–Trinajstić information content (AvgIpc) is 2.74. The van der Waals surface area contributed by atoms with Gasteiger partial charge in [0, 0.05) is 32.9 Å².